The average Bonchev–Trinajstić information content (AvgIpc) is 3.38. The van der Waals surface area contributed by atoms with Crippen molar-refractivity contribution in [3.05, 3.63) is 47.3 Å². The third kappa shape index (κ3) is 3.88. The molecule has 3 aromatic rings. The zero-order valence-corrected chi connectivity index (χ0v) is 16.0. The molecule has 2 N–H and O–H groups in total. The number of halogens is 3. The maximum absolute atomic E-state index is 12.7. The summed E-state index contributed by atoms with van der Waals surface area (Å²) in [5, 5.41) is 10.3. The molecule has 0 amide bonds. The average molecular weight is 411 g/mol. The van der Waals surface area contributed by atoms with Gasteiger partial charge in [-0.2, -0.15) is 13.2 Å². The first-order valence-electron chi connectivity index (χ1n) is 8.97. The SMILES string of the molecule is C[C@H](c1nnc(-c2cccs2)o1)[NH+]1CCN(c2ccc(C(F)(F)F)c[nH+]2)CC1. The zero-order valence-electron chi connectivity index (χ0n) is 15.2. The first-order valence-corrected chi connectivity index (χ1v) is 9.85. The Hall–Kier alpha value is -2.46. The quantitative estimate of drug-likeness (QED) is 0.714. The Balaban J connectivity index is 1.37. The van der Waals surface area contributed by atoms with E-state index in [0.29, 0.717) is 17.6 Å². The third-order valence-electron chi connectivity index (χ3n) is 5.03. The highest BCUT2D eigenvalue weighted by Gasteiger charge is 2.34. The summed E-state index contributed by atoms with van der Waals surface area (Å²) in [6.45, 7) is 5.17. The summed E-state index contributed by atoms with van der Waals surface area (Å²) in [5.74, 6) is 1.83. The Morgan fingerprint density at radius 2 is 2.00 bits per heavy atom. The van der Waals surface area contributed by atoms with Gasteiger partial charge in [-0.05, 0) is 24.4 Å². The number of pyridine rings is 1. The van der Waals surface area contributed by atoms with Gasteiger partial charge in [0.1, 0.15) is 32.4 Å². The number of thiophene rings is 1. The summed E-state index contributed by atoms with van der Waals surface area (Å²) < 4.78 is 43.9. The van der Waals surface area contributed by atoms with Gasteiger partial charge in [0.05, 0.1) is 10.4 Å². The van der Waals surface area contributed by atoms with Crippen molar-refractivity contribution in [3.8, 4) is 10.8 Å². The van der Waals surface area contributed by atoms with Gasteiger partial charge in [0.2, 0.25) is 0 Å². The molecule has 148 valence electrons. The first kappa shape index (κ1) is 18.9. The van der Waals surface area contributed by atoms with Crippen molar-refractivity contribution in [1.82, 2.24) is 10.2 Å². The second-order valence-electron chi connectivity index (χ2n) is 6.75. The number of alkyl halides is 3. The number of rotatable bonds is 4. The van der Waals surface area contributed by atoms with Crippen LogP contribution in [-0.2, 0) is 6.18 Å². The Morgan fingerprint density at radius 3 is 2.61 bits per heavy atom. The topological polar surface area (TPSA) is 60.7 Å². The van der Waals surface area contributed by atoms with Gasteiger partial charge in [-0.1, -0.05) is 6.07 Å². The van der Waals surface area contributed by atoms with Gasteiger partial charge >= 0.3 is 6.18 Å². The maximum atomic E-state index is 12.7. The second kappa shape index (κ2) is 7.51. The van der Waals surface area contributed by atoms with Crippen molar-refractivity contribution in [2.24, 2.45) is 0 Å². The summed E-state index contributed by atoms with van der Waals surface area (Å²) in [4.78, 5) is 7.08. The van der Waals surface area contributed by atoms with Crippen molar-refractivity contribution in [3.63, 3.8) is 0 Å². The lowest BCUT2D eigenvalue weighted by Gasteiger charge is -2.30. The van der Waals surface area contributed by atoms with Crippen LogP contribution < -0.4 is 14.8 Å². The van der Waals surface area contributed by atoms with Crippen molar-refractivity contribution >= 4 is 17.2 Å². The van der Waals surface area contributed by atoms with Crippen LogP contribution in [0.25, 0.3) is 10.8 Å². The molecule has 3 aromatic heterocycles. The fourth-order valence-electron chi connectivity index (χ4n) is 3.34. The molecule has 0 radical (unpaired) electrons. The van der Waals surface area contributed by atoms with Gasteiger partial charge in [0.15, 0.2) is 6.04 Å². The normalized spacial score (nSPS) is 17.1. The van der Waals surface area contributed by atoms with Crippen LogP contribution in [0.1, 0.15) is 24.4 Å². The number of aromatic amines is 1. The number of hydrogen-bond donors (Lipinski definition) is 1. The summed E-state index contributed by atoms with van der Waals surface area (Å²) in [5.41, 5.74) is -0.674. The second-order valence-corrected chi connectivity index (χ2v) is 7.70. The van der Waals surface area contributed by atoms with E-state index in [1.807, 2.05) is 17.5 Å². The highest BCUT2D eigenvalue weighted by atomic mass is 32.1. The lowest BCUT2D eigenvalue weighted by molar-refractivity contribution is -0.931. The molecule has 10 heteroatoms. The van der Waals surface area contributed by atoms with Gasteiger partial charge in [0, 0.05) is 6.07 Å². The van der Waals surface area contributed by atoms with Crippen LogP contribution in [0.15, 0.2) is 40.3 Å². The number of nitrogens with zero attached hydrogens (tertiary/aromatic N) is 3. The molecule has 1 saturated heterocycles. The minimum absolute atomic E-state index is 0.0555. The van der Waals surface area contributed by atoms with E-state index in [-0.39, 0.29) is 6.04 Å². The smallest absolute Gasteiger partial charge is 0.414 e. The summed E-state index contributed by atoms with van der Waals surface area (Å²) >= 11 is 1.55. The van der Waals surface area contributed by atoms with E-state index in [2.05, 4.69) is 27.0 Å². The zero-order chi connectivity index (χ0) is 19.7. The largest absolute Gasteiger partial charge is 0.419 e. The molecule has 4 rings (SSSR count). The molecule has 1 aliphatic rings. The van der Waals surface area contributed by atoms with E-state index in [4.69, 9.17) is 4.42 Å². The summed E-state index contributed by atoms with van der Waals surface area (Å²) in [6, 6.07) is 6.54. The van der Waals surface area contributed by atoms with Gasteiger partial charge in [-0.15, -0.1) is 21.5 Å². The van der Waals surface area contributed by atoms with Crippen molar-refractivity contribution in [2.75, 3.05) is 31.1 Å². The molecule has 28 heavy (non-hydrogen) atoms. The summed E-state index contributed by atoms with van der Waals surface area (Å²) in [6.07, 6.45) is -3.32. The number of H-pyrrole nitrogens is 1. The molecule has 0 aliphatic carbocycles. The van der Waals surface area contributed by atoms with Crippen LogP contribution >= 0.6 is 11.3 Å². The van der Waals surface area contributed by atoms with E-state index < -0.39 is 11.7 Å². The van der Waals surface area contributed by atoms with Crippen LogP contribution in [0.2, 0.25) is 0 Å². The molecular formula is C18H20F3N5OS+2. The molecular weight excluding hydrogens is 391 g/mol. The van der Waals surface area contributed by atoms with Crippen LogP contribution in [0, 0.1) is 0 Å². The van der Waals surface area contributed by atoms with Gasteiger partial charge < -0.3 is 9.32 Å². The fraction of sp³-hybridized carbons (Fsp3) is 0.389. The number of piperazine rings is 1. The molecule has 1 aliphatic heterocycles. The van der Waals surface area contributed by atoms with Crippen LogP contribution in [0.4, 0.5) is 19.0 Å². The van der Waals surface area contributed by atoms with E-state index in [0.717, 1.165) is 43.3 Å². The highest BCUT2D eigenvalue weighted by molar-refractivity contribution is 7.13. The standard InChI is InChI=1S/C18H18F3N5OS/c1-12(16-23-24-17(27-16)14-3-2-10-28-14)25-6-8-26(9-7-25)15-5-4-13(11-22-15)18(19,20)21/h2-5,10-12H,6-9H2,1H3/p+2/t12-/m1/s1. The summed E-state index contributed by atoms with van der Waals surface area (Å²) in [7, 11) is 0. The van der Waals surface area contributed by atoms with Crippen molar-refractivity contribution < 1.29 is 27.5 Å². The Labute approximate surface area is 163 Å². The number of nitrogens with one attached hydrogen (secondary N) is 2. The van der Waals surface area contributed by atoms with Crippen LogP contribution in [0.3, 0.4) is 0 Å². The van der Waals surface area contributed by atoms with Crippen molar-refractivity contribution in [2.45, 2.75) is 19.1 Å². The molecule has 0 aromatic carbocycles. The van der Waals surface area contributed by atoms with Gasteiger partial charge in [-0.3, -0.25) is 4.90 Å². The van der Waals surface area contributed by atoms with E-state index in [1.54, 1.807) is 11.3 Å². The van der Waals surface area contributed by atoms with E-state index in [9.17, 15) is 13.2 Å². The van der Waals surface area contributed by atoms with Gasteiger partial charge in [0.25, 0.3) is 17.6 Å². The van der Waals surface area contributed by atoms with Gasteiger partial charge in [-0.25, -0.2) is 4.98 Å². The Bertz CT molecular complexity index is 902. The number of aromatic nitrogens is 3. The minimum atomic E-state index is -4.33. The molecule has 4 heterocycles. The van der Waals surface area contributed by atoms with Crippen LogP contribution in [0.5, 0.6) is 0 Å². The lowest BCUT2D eigenvalue weighted by atomic mass is 10.2. The molecule has 0 unspecified atom stereocenters. The first-order chi connectivity index (χ1) is 13.4. The lowest BCUT2D eigenvalue weighted by Crippen LogP contribution is -3.14. The van der Waals surface area contributed by atoms with E-state index in [1.165, 1.54) is 11.0 Å². The van der Waals surface area contributed by atoms with E-state index >= 15 is 0 Å². The third-order valence-corrected chi connectivity index (χ3v) is 5.88. The monoisotopic (exact) mass is 411 g/mol. The molecule has 1 atom stereocenters. The molecule has 0 bridgehead atoms. The number of quaternary nitrogens is 1. The predicted molar refractivity (Wildman–Crippen MR) is 96.9 cm³/mol. The van der Waals surface area contributed by atoms with Crippen molar-refractivity contribution in [1.29, 1.82) is 0 Å². The fourth-order valence-corrected chi connectivity index (χ4v) is 3.99. The minimum Gasteiger partial charge on any atom is -0.414 e. The Kier molecular flexibility index (Phi) is 5.07. The number of hydrogen-bond acceptors (Lipinski definition) is 5. The Morgan fingerprint density at radius 1 is 1.21 bits per heavy atom. The molecule has 0 spiro atoms. The molecule has 1 fully saturated rings. The number of anilines is 1. The maximum Gasteiger partial charge on any atom is 0.419 e. The molecule has 6 nitrogen and oxygen atoms in total. The highest BCUT2D eigenvalue weighted by Crippen LogP contribution is 2.28. The predicted octanol–water partition coefficient (Wildman–Crippen LogP) is 2.10. The molecule has 0 saturated carbocycles. The van der Waals surface area contributed by atoms with Crippen LogP contribution in [-0.4, -0.2) is 36.4 Å².